The van der Waals surface area contributed by atoms with Crippen molar-refractivity contribution >= 4 is 11.7 Å². The van der Waals surface area contributed by atoms with Crippen molar-refractivity contribution in [2.24, 2.45) is 5.92 Å². The quantitative estimate of drug-likeness (QED) is 0.461. The number of aliphatic hydroxyl groups excluding tert-OH is 1. The number of hydrogen-bond donors (Lipinski definition) is 1. The van der Waals surface area contributed by atoms with Crippen LogP contribution in [0.2, 0.25) is 0 Å². The van der Waals surface area contributed by atoms with E-state index in [-0.39, 0.29) is 23.9 Å². The Morgan fingerprint density at radius 2 is 1.94 bits per heavy atom. The fourth-order valence-corrected chi connectivity index (χ4v) is 5.39. The molecule has 0 spiro atoms. The number of carbonyl (C=O) groups is 1. The number of anilines is 1. The summed E-state index contributed by atoms with van der Waals surface area (Å²) >= 11 is 0. The van der Waals surface area contributed by atoms with Crippen molar-refractivity contribution in [3.05, 3.63) is 53.6 Å². The third kappa shape index (κ3) is 4.93. The number of benzene rings is 2. The molecule has 1 heterocycles. The Morgan fingerprint density at radius 1 is 1.19 bits per heavy atom. The first-order valence-electron chi connectivity index (χ1n) is 11.9. The highest BCUT2D eigenvalue weighted by Gasteiger charge is 2.42. The second-order valence-electron chi connectivity index (χ2n) is 9.33. The van der Waals surface area contributed by atoms with Crippen LogP contribution < -0.4 is 14.4 Å². The van der Waals surface area contributed by atoms with Gasteiger partial charge in [-0.15, -0.1) is 0 Å². The molecule has 32 heavy (non-hydrogen) atoms. The molecule has 3 unspecified atom stereocenters. The topological polar surface area (TPSA) is 59.0 Å². The molecule has 4 atom stereocenters. The molecule has 0 bridgehead atoms. The molecule has 5 nitrogen and oxygen atoms in total. The summed E-state index contributed by atoms with van der Waals surface area (Å²) in [5.41, 5.74) is 3.29. The average molecular weight is 438 g/mol. The molecule has 1 N–H and O–H groups in total. The summed E-state index contributed by atoms with van der Waals surface area (Å²) in [5, 5.41) is 11.0. The van der Waals surface area contributed by atoms with E-state index in [1.807, 2.05) is 30.1 Å². The fraction of sp³-hybridized carbons (Fsp3) is 0.519. The standard InChI is InChI=1S/C27H35NO4/c1-18(10-9-13-20-11-5-4-6-12-20)31-21-16-24-26(25(17-21)32-19(2)29)22-14-7-8-15-23(22)27(30)28(24)3/h4-6,11-12,16-18,22-23,27,30H,7-10,13-15H2,1-3H3/t18?,22?,23?,27-/m1/s1. The van der Waals surface area contributed by atoms with Crippen molar-refractivity contribution in [3.8, 4) is 11.5 Å². The first-order valence-corrected chi connectivity index (χ1v) is 11.9. The molecule has 1 aliphatic carbocycles. The van der Waals surface area contributed by atoms with Crippen molar-refractivity contribution in [1.82, 2.24) is 0 Å². The average Bonchev–Trinajstić information content (AvgIpc) is 2.77. The zero-order valence-electron chi connectivity index (χ0n) is 19.4. The summed E-state index contributed by atoms with van der Waals surface area (Å²) in [4.78, 5) is 13.8. The van der Waals surface area contributed by atoms with Gasteiger partial charge in [0.2, 0.25) is 0 Å². The number of rotatable bonds is 7. The summed E-state index contributed by atoms with van der Waals surface area (Å²) in [5.74, 6) is 1.30. The van der Waals surface area contributed by atoms with Crippen LogP contribution in [0.15, 0.2) is 42.5 Å². The summed E-state index contributed by atoms with van der Waals surface area (Å²) < 4.78 is 11.9. The van der Waals surface area contributed by atoms with E-state index in [0.29, 0.717) is 11.5 Å². The van der Waals surface area contributed by atoms with E-state index >= 15 is 0 Å². The molecular weight excluding hydrogens is 402 g/mol. The molecule has 1 saturated carbocycles. The Balaban J connectivity index is 1.54. The number of fused-ring (bicyclic) bond motifs is 3. The molecule has 0 saturated heterocycles. The van der Waals surface area contributed by atoms with E-state index in [0.717, 1.165) is 56.2 Å². The van der Waals surface area contributed by atoms with Crippen LogP contribution in [0.25, 0.3) is 0 Å². The fourth-order valence-electron chi connectivity index (χ4n) is 5.39. The van der Waals surface area contributed by atoms with Gasteiger partial charge in [0.1, 0.15) is 17.7 Å². The third-order valence-electron chi connectivity index (χ3n) is 6.95. The summed E-state index contributed by atoms with van der Waals surface area (Å²) in [6, 6.07) is 14.4. The van der Waals surface area contributed by atoms with E-state index in [9.17, 15) is 9.90 Å². The molecular formula is C27H35NO4. The molecule has 2 aromatic carbocycles. The lowest BCUT2D eigenvalue weighted by molar-refractivity contribution is -0.131. The molecule has 0 amide bonds. The Labute approximate surface area is 191 Å². The predicted octanol–water partition coefficient (Wildman–Crippen LogP) is 5.44. The number of hydrogen-bond acceptors (Lipinski definition) is 5. The zero-order chi connectivity index (χ0) is 22.7. The van der Waals surface area contributed by atoms with Crippen molar-refractivity contribution in [1.29, 1.82) is 0 Å². The highest BCUT2D eigenvalue weighted by atomic mass is 16.5. The zero-order valence-corrected chi connectivity index (χ0v) is 19.4. The minimum atomic E-state index is -0.531. The predicted molar refractivity (Wildman–Crippen MR) is 126 cm³/mol. The van der Waals surface area contributed by atoms with Gasteiger partial charge in [-0.05, 0) is 50.5 Å². The van der Waals surface area contributed by atoms with Gasteiger partial charge < -0.3 is 19.5 Å². The monoisotopic (exact) mass is 437 g/mol. The summed E-state index contributed by atoms with van der Waals surface area (Å²) in [6.45, 7) is 3.51. The van der Waals surface area contributed by atoms with Crippen LogP contribution in [0.3, 0.4) is 0 Å². The molecule has 0 aromatic heterocycles. The largest absolute Gasteiger partial charge is 0.491 e. The van der Waals surface area contributed by atoms with Crippen LogP contribution in [0.1, 0.15) is 69.4 Å². The van der Waals surface area contributed by atoms with Crippen LogP contribution in [-0.2, 0) is 11.2 Å². The van der Waals surface area contributed by atoms with Gasteiger partial charge in [0, 0.05) is 43.3 Å². The van der Waals surface area contributed by atoms with Crippen molar-refractivity contribution in [3.63, 3.8) is 0 Å². The van der Waals surface area contributed by atoms with Crippen LogP contribution in [0, 0.1) is 5.92 Å². The number of aliphatic hydroxyl groups is 1. The van der Waals surface area contributed by atoms with Gasteiger partial charge in [0.25, 0.3) is 0 Å². The Kier molecular flexibility index (Phi) is 7.04. The van der Waals surface area contributed by atoms with E-state index in [1.165, 1.54) is 12.5 Å². The van der Waals surface area contributed by atoms with Crippen molar-refractivity contribution in [2.45, 2.75) is 77.0 Å². The maximum absolute atomic E-state index is 11.9. The lowest BCUT2D eigenvalue weighted by Gasteiger charge is -2.46. The Morgan fingerprint density at radius 3 is 2.69 bits per heavy atom. The van der Waals surface area contributed by atoms with Crippen LogP contribution in [0.5, 0.6) is 11.5 Å². The van der Waals surface area contributed by atoms with Crippen molar-refractivity contribution < 1.29 is 19.4 Å². The highest BCUT2D eigenvalue weighted by Crippen LogP contribution is 2.52. The second-order valence-corrected chi connectivity index (χ2v) is 9.33. The number of esters is 1. The van der Waals surface area contributed by atoms with Gasteiger partial charge in [-0.3, -0.25) is 4.79 Å². The maximum Gasteiger partial charge on any atom is 0.308 e. The first-order chi connectivity index (χ1) is 15.4. The third-order valence-corrected chi connectivity index (χ3v) is 6.95. The molecule has 2 aliphatic rings. The van der Waals surface area contributed by atoms with E-state index < -0.39 is 6.23 Å². The van der Waals surface area contributed by atoms with Crippen LogP contribution in [0.4, 0.5) is 5.69 Å². The van der Waals surface area contributed by atoms with Gasteiger partial charge in [0.05, 0.1) is 6.10 Å². The lowest BCUT2D eigenvalue weighted by Crippen LogP contribution is -2.46. The lowest BCUT2D eigenvalue weighted by atomic mass is 9.71. The minimum absolute atomic E-state index is 0.0307. The molecule has 5 heteroatoms. The van der Waals surface area contributed by atoms with E-state index in [1.54, 1.807) is 0 Å². The molecule has 2 aromatic rings. The number of ether oxygens (including phenoxy) is 2. The Hall–Kier alpha value is -2.53. The normalized spacial score (nSPS) is 23.1. The number of carbonyl (C=O) groups excluding carboxylic acids is 1. The molecule has 4 rings (SSSR count). The smallest absolute Gasteiger partial charge is 0.308 e. The number of nitrogens with zero attached hydrogens (tertiary/aromatic N) is 1. The highest BCUT2D eigenvalue weighted by molar-refractivity contribution is 5.74. The molecule has 172 valence electrons. The molecule has 0 radical (unpaired) electrons. The van der Waals surface area contributed by atoms with Gasteiger partial charge >= 0.3 is 5.97 Å². The number of aryl methyl sites for hydroxylation is 1. The Bertz CT molecular complexity index is 929. The summed E-state index contributed by atoms with van der Waals surface area (Å²) in [7, 11) is 1.92. The second kappa shape index (κ2) is 9.95. The van der Waals surface area contributed by atoms with Crippen molar-refractivity contribution in [2.75, 3.05) is 11.9 Å². The van der Waals surface area contributed by atoms with Gasteiger partial charge in [0.15, 0.2) is 0 Å². The maximum atomic E-state index is 11.9. The van der Waals surface area contributed by atoms with Gasteiger partial charge in [-0.2, -0.15) is 0 Å². The van der Waals surface area contributed by atoms with Crippen LogP contribution >= 0.6 is 0 Å². The van der Waals surface area contributed by atoms with Gasteiger partial charge in [-0.25, -0.2) is 0 Å². The summed E-state index contributed by atoms with van der Waals surface area (Å²) in [6.07, 6.45) is 6.75. The van der Waals surface area contributed by atoms with Gasteiger partial charge in [-0.1, -0.05) is 43.2 Å². The van der Waals surface area contributed by atoms with E-state index in [2.05, 4.69) is 31.2 Å². The van der Waals surface area contributed by atoms with E-state index in [4.69, 9.17) is 9.47 Å². The SMILES string of the molecule is CC(=O)Oc1cc(OC(C)CCCc2ccccc2)cc2c1C1CCCCC1[C@@H](O)N2C. The molecule has 1 aliphatic heterocycles. The molecule has 1 fully saturated rings. The first kappa shape index (κ1) is 22.7. The van der Waals surface area contributed by atoms with Crippen LogP contribution in [-0.4, -0.2) is 30.5 Å². The minimum Gasteiger partial charge on any atom is -0.491 e.